The molecule has 2 unspecified atom stereocenters. The molecule has 0 aromatic carbocycles. The van der Waals surface area contributed by atoms with Crippen molar-refractivity contribution in [3.8, 4) is 0 Å². The van der Waals surface area contributed by atoms with Gasteiger partial charge in [-0.15, -0.1) is 0 Å². The van der Waals surface area contributed by atoms with Gasteiger partial charge >= 0.3 is 0 Å². The van der Waals surface area contributed by atoms with Gasteiger partial charge in [0.05, 0.1) is 6.26 Å². The fraction of sp³-hybridized carbons (Fsp3) is 0.583. The van der Waals surface area contributed by atoms with Crippen LogP contribution in [-0.2, 0) is 11.2 Å². The molecule has 2 aliphatic rings. The third-order valence-corrected chi connectivity index (χ3v) is 3.47. The topological polar surface area (TPSA) is 54.3 Å². The highest BCUT2D eigenvalue weighted by Gasteiger charge is 2.28. The van der Waals surface area contributed by atoms with Crippen LogP contribution in [0.15, 0.2) is 16.7 Å². The van der Waals surface area contributed by atoms with Gasteiger partial charge in [-0.1, -0.05) is 0 Å². The van der Waals surface area contributed by atoms with Gasteiger partial charge in [0.15, 0.2) is 0 Å². The van der Waals surface area contributed by atoms with E-state index in [2.05, 4.69) is 16.7 Å². The van der Waals surface area contributed by atoms with Crippen molar-refractivity contribution in [3.05, 3.63) is 23.7 Å². The number of fused-ring (bicyclic) bond motifs is 1. The van der Waals surface area contributed by atoms with E-state index in [4.69, 9.17) is 4.42 Å². The van der Waals surface area contributed by atoms with Gasteiger partial charge in [-0.25, -0.2) is 0 Å². The minimum Gasteiger partial charge on any atom is -0.469 e. The fourth-order valence-corrected chi connectivity index (χ4v) is 2.67. The summed E-state index contributed by atoms with van der Waals surface area (Å²) in [5, 5.41) is 6.40. The summed E-state index contributed by atoms with van der Waals surface area (Å²) in [6.07, 6.45) is 5.71. The minimum absolute atomic E-state index is 0.153. The molecule has 0 radical (unpaired) electrons. The van der Waals surface area contributed by atoms with Gasteiger partial charge in [0.1, 0.15) is 5.76 Å². The summed E-state index contributed by atoms with van der Waals surface area (Å²) in [7, 11) is 0. The average Bonchev–Trinajstić information content (AvgIpc) is 2.87. The Morgan fingerprint density at radius 3 is 3.25 bits per heavy atom. The Morgan fingerprint density at radius 2 is 2.44 bits per heavy atom. The number of amides is 1. The fourth-order valence-electron chi connectivity index (χ4n) is 2.67. The van der Waals surface area contributed by atoms with Crippen LogP contribution in [0, 0.1) is 0 Å². The van der Waals surface area contributed by atoms with E-state index in [0.717, 1.165) is 31.6 Å². The van der Waals surface area contributed by atoms with Crippen LogP contribution in [0.3, 0.4) is 0 Å². The van der Waals surface area contributed by atoms with Crippen molar-refractivity contribution in [2.45, 2.75) is 37.8 Å². The molecule has 16 heavy (non-hydrogen) atoms. The number of nitrogens with one attached hydrogen (secondary N) is 2. The second-order valence-electron chi connectivity index (χ2n) is 4.62. The highest BCUT2D eigenvalue weighted by molar-refractivity contribution is 5.78. The summed E-state index contributed by atoms with van der Waals surface area (Å²) >= 11 is 0. The molecule has 0 bridgehead atoms. The molecule has 2 heterocycles. The van der Waals surface area contributed by atoms with Gasteiger partial charge in [0.2, 0.25) is 5.91 Å². The van der Waals surface area contributed by atoms with E-state index < -0.39 is 0 Å². The molecular weight excluding hydrogens is 204 g/mol. The molecule has 1 aliphatic heterocycles. The maximum atomic E-state index is 11.1. The van der Waals surface area contributed by atoms with Crippen molar-refractivity contribution in [2.24, 2.45) is 0 Å². The summed E-state index contributed by atoms with van der Waals surface area (Å²) in [4.78, 5) is 11.1. The normalized spacial score (nSPS) is 28.9. The summed E-state index contributed by atoms with van der Waals surface area (Å²) in [5.41, 5.74) is 1.28. The molecule has 1 aliphatic carbocycles. The van der Waals surface area contributed by atoms with Crippen LogP contribution >= 0.6 is 0 Å². The van der Waals surface area contributed by atoms with Crippen LogP contribution in [0.25, 0.3) is 0 Å². The zero-order valence-electron chi connectivity index (χ0n) is 9.16. The summed E-state index contributed by atoms with van der Waals surface area (Å²) in [6.45, 7) is 0.752. The molecule has 86 valence electrons. The van der Waals surface area contributed by atoms with Crippen LogP contribution in [0.5, 0.6) is 0 Å². The number of carbonyl (C=O) groups excluding carboxylic acids is 1. The van der Waals surface area contributed by atoms with E-state index in [9.17, 15) is 4.79 Å². The number of hydrogen-bond donors (Lipinski definition) is 2. The van der Waals surface area contributed by atoms with Gasteiger partial charge in [-0.2, -0.15) is 0 Å². The molecular formula is C12H16N2O2. The Balaban J connectivity index is 1.70. The highest BCUT2D eigenvalue weighted by atomic mass is 16.3. The number of aryl methyl sites for hydroxylation is 1. The van der Waals surface area contributed by atoms with Crippen LogP contribution in [0.2, 0.25) is 0 Å². The van der Waals surface area contributed by atoms with Crippen LogP contribution in [-0.4, -0.2) is 18.5 Å². The Kier molecular flexibility index (Phi) is 2.44. The minimum atomic E-state index is 0.153. The van der Waals surface area contributed by atoms with Crippen molar-refractivity contribution < 1.29 is 9.21 Å². The lowest BCUT2D eigenvalue weighted by molar-refractivity contribution is -0.119. The van der Waals surface area contributed by atoms with Crippen LogP contribution in [0.4, 0.5) is 0 Å². The first-order chi connectivity index (χ1) is 7.83. The van der Waals surface area contributed by atoms with Crippen molar-refractivity contribution in [1.82, 2.24) is 10.6 Å². The Labute approximate surface area is 94.4 Å². The number of rotatable bonds is 2. The van der Waals surface area contributed by atoms with E-state index >= 15 is 0 Å². The van der Waals surface area contributed by atoms with Crippen molar-refractivity contribution in [3.63, 3.8) is 0 Å². The predicted molar refractivity (Wildman–Crippen MR) is 58.9 cm³/mol. The lowest BCUT2D eigenvalue weighted by Crippen LogP contribution is -2.35. The first kappa shape index (κ1) is 9.90. The second-order valence-corrected chi connectivity index (χ2v) is 4.62. The largest absolute Gasteiger partial charge is 0.469 e. The number of furan rings is 1. The lowest BCUT2D eigenvalue weighted by atomic mass is 9.93. The summed E-state index contributed by atoms with van der Waals surface area (Å²) in [5.74, 6) is 1.27. The molecule has 4 nitrogen and oxygen atoms in total. The quantitative estimate of drug-likeness (QED) is 0.785. The standard InChI is InChI=1S/C12H16N2O2/c15-12-6-8(7-13-12)14-10-2-1-3-11-9(10)4-5-16-11/h4-5,8,10,14H,1-3,6-7H2,(H,13,15). The molecule has 1 amide bonds. The first-order valence-corrected chi connectivity index (χ1v) is 5.92. The molecule has 3 rings (SSSR count). The van der Waals surface area contributed by atoms with Gasteiger partial charge in [-0.05, 0) is 18.9 Å². The lowest BCUT2D eigenvalue weighted by Gasteiger charge is -2.25. The predicted octanol–water partition coefficient (Wildman–Crippen LogP) is 1.14. The van der Waals surface area contributed by atoms with Gasteiger partial charge < -0.3 is 15.1 Å². The molecule has 0 saturated carbocycles. The summed E-state index contributed by atoms with van der Waals surface area (Å²) < 4.78 is 5.45. The smallest absolute Gasteiger partial charge is 0.221 e. The second kappa shape index (κ2) is 3.94. The Morgan fingerprint density at radius 1 is 1.50 bits per heavy atom. The summed E-state index contributed by atoms with van der Waals surface area (Å²) in [6, 6.07) is 2.69. The maximum absolute atomic E-state index is 11.1. The van der Waals surface area contributed by atoms with Gasteiger partial charge in [-0.3, -0.25) is 4.79 Å². The van der Waals surface area contributed by atoms with Gasteiger partial charge in [0, 0.05) is 37.0 Å². The van der Waals surface area contributed by atoms with Crippen molar-refractivity contribution in [2.75, 3.05) is 6.54 Å². The maximum Gasteiger partial charge on any atom is 0.221 e. The van der Waals surface area contributed by atoms with Crippen molar-refractivity contribution >= 4 is 5.91 Å². The molecule has 0 spiro atoms. The van der Waals surface area contributed by atoms with Crippen LogP contribution < -0.4 is 10.6 Å². The molecule has 1 saturated heterocycles. The monoisotopic (exact) mass is 220 g/mol. The SMILES string of the molecule is O=C1CC(NC2CCCc3occc32)CN1. The molecule has 1 fully saturated rings. The number of carbonyl (C=O) groups is 1. The Bertz CT molecular complexity index is 399. The van der Waals surface area contributed by atoms with E-state index in [0.29, 0.717) is 12.5 Å². The molecule has 1 aromatic rings. The van der Waals surface area contributed by atoms with Crippen LogP contribution in [0.1, 0.15) is 36.6 Å². The van der Waals surface area contributed by atoms with E-state index in [1.165, 1.54) is 5.56 Å². The van der Waals surface area contributed by atoms with E-state index in [-0.39, 0.29) is 11.9 Å². The third-order valence-electron chi connectivity index (χ3n) is 3.47. The third kappa shape index (κ3) is 1.73. The van der Waals surface area contributed by atoms with Gasteiger partial charge in [0.25, 0.3) is 0 Å². The zero-order valence-corrected chi connectivity index (χ0v) is 9.16. The molecule has 2 atom stereocenters. The molecule has 4 heteroatoms. The van der Waals surface area contributed by atoms with E-state index in [1.54, 1.807) is 6.26 Å². The van der Waals surface area contributed by atoms with E-state index in [1.807, 2.05) is 0 Å². The zero-order chi connectivity index (χ0) is 11.0. The highest BCUT2D eigenvalue weighted by Crippen LogP contribution is 2.31. The number of hydrogen-bond acceptors (Lipinski definition) is 3. The van der Waals surface area contributed by atoms with Crippen molar-refractivity contribution in [1.29, 1.82) is 0 Å². The average molecular weight is 220 g/mol. The molecule has 2 N–H and O–H groups in total. The first-order valence-electron chi connectivity index (χ1n) is 5.92. The Hall–Kier alpha value is -1.29. The molecule has 1 aromatic heterocycles.